The third kappa shape index (κ3) is 3.56. The lowest BCUT2D eigenvalue weighted by molar-refractivity contribution is -0.120. The molecule has 0 aromatic carbocycles. The molecule has 1 atom stereocenters. The minimum Gasteiger partial charge on any atom is -0.352 e. The van der Waals surface area contributed by atoms with Crippen LogP contribution in [-0.4, -0.2) is 22.1 Å². The smallest absolute Gasteiger partial charge is 0.234 e. The summed E-state index contributed by atoms with van der Waals surface area (Å²) in [5.41, 5.74) is 0. The number of carbonyl (C=O) groups is 1. The molecule has 1 unspecified atom stereocenters. The Morgan fingerprint density at radius 3 is 2.73 bits per heavy atom. The van der Waals surface area contributed by atoms with Gasteiger partial charge in [0.15, 0.2) is 0 Å². The standard InChI is InChI=1S/C7H11Br2NO/c8-4-3-6(9)7(11)10-5-1-2-5/h5-6H,1-4H2,(H,10,11). The van der Waals surface area contributed by atoms with Gasteiger partial charge in [-0.1, -0.05) is 31.9 Å². The summed E-state index contributed by atoms with van der Waals surface area (Å²) < 4.78 is 0. The van der Waals surface area contributed by atoms with E-state index in [9.17, 15) is 4.79 Å². The topological polar surface area (TPSA) is 29.1 Å². The lowest BCUT2D eigenvalue weighted by Gasteiger charge is -2.07. The zero-order valence-corrected chi connectivity index (χ0v) is 9.32. The first-order chi connectivity index (χ1) is 5.24. The molecule has 0 aromatic heterocycles. The van der Waals surface area contributed by atoms with Crippen LogP contribution in [0.3, 0.4) is 0 Å². The molecule has 4 heteroatoms. The molecule has 1 fully saturated rings. The molecule has 0 spiro atoms. The minimum atomic E-state index is -0.0255. The number of amides is 1. The number of halogens is 2. The van der Waals surface area contributed by atoms with Crippen LogP contribution in [0.25, 0.3) is 0 Å². The van der Waals surface area contributed by atoms with E-state index in [2.05, 4.69) is 37.2 Å². The largest absolute Gasteiger partial charge is 0.352 e. The van der Waals surface area contributed by atoms with E-state index in [0.29, 0.717) is 6.04 Å². The third-order valence-electron chi connectivity index (χ3n) is 1.57. The van der Waals surface area contributed by atoms with Crippen molar-refractivity contribution in [2.45, 2.75) is 30.1 Å². The fraction of sp³-hybridized carbons (Fsp3) is 0.857. The Morgan fingerprint density at radius 2 is 2.27 bits per heavy atom. The first-order valence-corrected chi connectivity index (χ1v) is 5.78. The Bertz CT molecular complexity index is 147. The van der Waals surface area contributed by atoms with Crippen LogP contribution < -0.4 is 5.32 Å². The summed E-state index contributed by atoms with van der Waals surface area (Å²) in [5, 5.41) is 3.79. The van der Waals surface area contributed by atoms with Crippen LogP contribution in [-0.2, 0) is 4.79 Å². The summed E-state index contributed by atoms with van der Waals surface area (Å²) in [5.74, 6) is 0.131. The molecule has 1 N–H and O–H groups in total. The van der Waals surface area contributed by atoms with Crippen molar-refractivity contribution in [1.29, 1.82) is 0 Å². The normalized spacial score (nSPS) is 19.5. The van der Waals surface area contributed by atoms with Gasteiger partial charge in [-0.3, -0.25) is 4.79 Å². The molecule has 2 nitrogen and oxygen atoms in total. The van der Waals surface area contributed by atoms with Gasteiger partial charge in [-0.05, 0) is 19.3 Å². The van der Waals surface area contributed by atoms with Gasteiger partial charge in [0, 0.05) is 11.4 Å². The van der Waals surface area contributed by atoms with Crippen LogP contribution in [0.5, 0.6) is 0 Å². The fourth-order valence-corrected chi connectivity index (χ4v) is 2.18. The highest BCUT2D eigenvalue weighted by molar-refractivity contribution is 9.10. The highest BCUT2D eigenvalue weighted by atomic mass is 79.9. The molecule has 11 heavy (non-hydrogen) atoms. The van der Waals surface area contributed by atoms with Crippen molar-refractivity contribution in [2.24, 2.45) is 0 Å². The highest BCUT2D eigenvalue weighted by Gasteiger charge is 2.25. The molecule has 0 bridgehead atoms. The Kier molecular flexibility index (Phi) is 3.85. The second-order valence-electron chi connectivity index (χ2n) is 2.73. The van der Waals surface area contributed by atoms with Gasteiger partial charge in [0.05, 0.1) is 4.83 Å². The molecule has 0 saturated heterocycles. The molecule has 0 heterocycles. The quantitative estimate of drug-likeness (QED) is 0.784. The fourth-order valence-electron chi connectivity index (χ4n) is 0.746. The van der Waals surface area contributed by atoms with E-state index in [-0.39, 0.29) is 10.7 Å². The van der Waals surface area contributed by atoms with Crippen molar-refractivity contribution in [3.8, 4) is 0 Å². The number of hydrogen-bond donors (Lipinski definition) is 1. The Balaban J connectivity index is 2.15. The van der Waals surface area contributed by atoms with E-state index >= 15 is 0 Å². The maximum Gasteiger partial charge on any atom is 0.234 e. The summed E-state index contributed by atoms with van der Waals surface area (Å²) in [6, 6.07) is 0.470. The monoisotopic (exact) mass is 283 g/mol. The van der Waals surface area contributed by atoms with Crippen molar-refractivity contribution in [2.75, 3.05) is 5.33 Å². The number of carbonyl (C=O) groups excluding carboxylic acids is 1. The third-order valence-corrected chi connectivity index (χ3v) is 2.90. The first-order valence-electron chi connectivity index (χ1n) is 3.74. The summed E-state index contributed by atoms with van der Waals surface area (Å²) >= 11 is 6.61. The first kappa shape index (κ1) is 9.52. The molecular weight excluding hydrogens is 274 g/mol. The zero-order chi connectivity index (χ0) is 8.27. The molecular formula is C7H11Br2NO. The lowest BCUT2D eigenvalue weighted by Crippen LogP contribution is -2.32. The summed E-state index contributed by atoms with van der Waals surface area (Å²) in [4.78, 5) is 11.2. The van der Waals surface area contributed by atoms with Gasteiger partial charge in [-0.25, -0.2) is 0 Å². The van der Waals surface area contributed by atoms with Crippen molar-refractivity contribution in [3.63, 3.8) is 0 Å². The molecule has 1 rings (SSSR count). The van der Waals surface area contributed by atoms with Crippen molar-refractivity contribution in [3.05, 3.63) is 0 Å². The molecule has 1 aliphatic carbocycles. The molecule has 1 amide bonds. The van der Waals surface area contributed by atoms with Gasteiger partial charge in [-0.2, -0.15) is 0 Å². The van der Waals surface area contributed by atoms with Crippen LogP contribution in [0.1, 0.15) is 19.3 Å². The van der Waals surface area contributed by atoms with Crippen LogP contribution in [0.4, 0.5) is 0 Å². The van der Waals surface area contributed by atoms with E-state index in [4.69, 9.17) is 0 Å². The van der Waals surface area contributed by atoms with Crippen molar-refractivity contribution in [1.82, 2.24) is 5.32 Å². The maximum absolute atomic E-state index is 11.2. The van der Waals surface area contributed by atoms with Crippen LogP contribution >= 0.6 is 31.9 Å². The number of nitrogens with one attached hydrogen (secondary N) is 1. The van der Waals surface area contributed by atoms with E-state index in [1.165, 1.54) is 0 Å². The van der Waals surface area contributed by atoms with E-state index < -0.39 is 0 Å². The number of hydrogen-bond acceptors (Lipinski definition) is 1. The Morgan fingerprint density at radius 1 is 1.64 bits per heavy atom. The van der Waals surface area contributed by atoms with Crippen LogP contribution in [0, 0.1) is 0 Å². The molecule has 0 aliphatic heterocycles. The zero-order valence-electron chi connectivity index (χ0n) is 6.15. The van der Waals surface area contributed by atoms with E-state index in [0.717, 1.165) is 24.6 Å². The summed E-state index contributed by atoms with van der Waals surface area (Å²) in [6.07, 6.45) is 3.15. The van der Waals surface area contributed by atoms with Gasteiger partial charge in [0.2, 0.25) is 5.91 Å². The van der Waals surface area contributed by atoms with Crippen LogP contribution in [0.2, 0.25) is 0 Å². The second-order valence-corrected chi connectivity index (χ2v) is 4.63. The highest BCUT2D eigenvalue weighted by Crippen LogP contribution is 2.19. The molecule has 64 valence electrons. The van der Waals surface area contributed by atoms with Gasteiger partial charge < -0.3 is 5.32 Å². The van der Waals surface area contributed by atoms with Crippen molar-refractivity contribution >= 4 is 37.8 Å². The maximum atomic E-state index is 11.2. The average molecular weight is 285 g/mol. The second kappa shape index (κ2) is 4.45. The molecule has 1 saturated carbocycles. The molecule has 0 aromatic rings. The minimum absolute atomic E-state index is 0.0255. The van der Waals surface area contributed by atoms with Crippen LogP contribution in [0.15, 0.2) is 0 Å². The Hall–Kier alpha value is 0.430. The Labute approximate surface area is 83.4 Å². The van der Waals surface area contributed by atoms with Gasteiger partial charge in [0.1, 0.15) is 0 Å². The number of alkyl halides is 2. The molecule has 1 aliphatic rings. The lowest BCUT2D eigenvalue weighted by atomic mass is 10.3. The molecule has 0 radical (unpaired) electrons. The predicted molar refractivity (Wildman–Crippen MR) is 52.3 cm³/mol. The number of rotatable bonds is 4. The van der Waals surface area contributed by atoms with E-state index in [1.54, 1.807) is 0 Å². The predicted octanol–water partition coefficient (Wildman–Crippen LogP) is 1.81. The SMILES string of the molecule is O=C(NC1CC1)C(Br)CCBr. The van der Waals surface area contributed by atoms with Gasteiger partial charge >= 0.3 is 0 Å². The summed E-state index contributed by atoms with van der Waals surface area (Å²) in [6.45, 7) is 0. The summed E-state index contributed by atoms with van der Waals surface area (Å²) in [7, 11) is 0. The van der Waals surface area contributed by atoms with Gasteiger partial charge in [0.25, 0.3) is 0 Å². The van der Waals surface area contributed by atoms with Gasteiger partial charge in [-0.15, -0.1) is 0 Å². The van der Waals surface area contributed by atoms with Crippen molar-refractivity contribution < 1.29 is 4.79 Å². The van der Waals surface area contributed by atoms with E-state index in [1.807, 2.05) is 0 Å². The average Bonchev–Trinajstić information content (AvgIpc) is 2.72.